The zero-order valence-corrected chi connectivity index (χ0v) is 10.8. The number of nitrogens with two attached hydrogens (primary N) is 1. The Morgan fingerprint density at radius 3 is 2.67 bits per heavy atom. The topological polar surface area (TPSA) is 29.3 Å². The summed E-state index contributed by atoms with van der Waals surface area (Å²) in [6.45, 7) is 0.988. The standard InChI is InChI=1S/C15H15ClN2/c16-12-7-3-9-14(15(12)17)18-10-4-6-11-5-1-2-8-13(11)18/h1-3,5,7-9H,4,6,10,17H2. The molecule has 0 atom stereocenters. The van der Waals surface area contributed by atoms with Crippen molar-refractivity contribution in [3.8, 4) is 0 Å². The summed E-state index contributed by atoms with van der Waals surface area (Å²) in [4.78, 5) is 2.26. The number of rotatable bonds is 1. The van der Waals surface area contributed by atoms with Gasteiger partial charge in [0.05, 0.1) is 16.4 Å². The number of hydrogen-bond acceptors (Lipinski definition) is 2. The lowest BCUT2D eigenvalue weighted by molar-refractivity contribution is 0.767. The van der Waals surface area contributed by atoms with Crippen molar-refractivity contribution in [2.75, 3.05) is 17.2 Å². The molecule has 0 saturated heterocycles. The Labute approximate surface area is 112 Å². The van der Waals surface area contributed by atoms with E-state index in [4.69, 9.17) is 17.3 Å². The Morgan fingerprint density at radius 1 is 1.00 bits per heavy atom. The van der Waals surface area contributed by atoms with Crippen LogP contribution < -0.4 is 10.6 Å². The molecule has 3 heteroatoms. The fourth-order valence-electron chi connectivity index (χ4n) is 2.54. The van der Waals surface area contributed by atoms with Crippen LogP contribution in [-0.4, -0.2) is 6.54 Å². The lowest BCUT2D eigenvalue weighted by Gasteiger charge is -2.32. The van der Waals surface area contributed by atoms with Crippen molar-refractivity contribution in [3.63, 3.8) is 0 Å². The van der Waals surface area contributed by atoms with Crippen molar-refractivity contribution in [2.24, 2.45) is 0 Å². The van der Waals surface area contributed by atoms with E-state index >= 15 is 0 Å². The molecule has 0 bridgehead atoms. The van der Waals surface area contributed by atoms with Crippen molar-refractivity contribution in [1.82, 2.24) is 0 Å². The Balaban J connectivity index is 2.11. The summed E-state index contributed by atoms with van der Waals surface area (Å²) >= 11 is 6.11. The van der Waals surface area contributed by atoms with E-state index in [1.807, 2.05) is 18.2 Å². The van der Waals surface area contributed by atoms with Crippen molar-refractivity contribution in [3.05, 3.63) is 53.1 Å². The van der Waals surface area contributed by atoms with E-state index in [0.717, 1.165) is 25.1 Å². The SMILES string of the molecule is Nc1c(Cl)cccc1N1CCCc2ccccc21. The first-order chi connectivity index (χ1) is 8.77. The molecule has 0 saturated carbocycles. The summed E-state index contributed by atoms with van der Waals surface area (Å²) < 4.78 is 0. The molecular formula is C15H15ClN2. The van der Waals surface area contributed by atoms with Crippen LogP contribution in [0.1, 0.15) is 12.0 Å². The maximum atomic E-state index is 6.11. The van der Waals surface area contributed by atoms with Gasteiger partial charge in [-0.25, -0.2) is 0 Å². The van der Waals surface area contributed by atoms with E-state index in [1.165, 1.54) is 11.3 Å². The molecule has 1 aliphatic rings. The molecule has 0 radical (unpaired) electrons. The molecule has 2 aromatic rings. The van der Waals surface area contributed by atoms with Crippen LogP contribution >= 0.6 is 11.6 Å². The Bertz CT molecular complexity index is 580. The van der Waals surface area contributed by atoms with Gasteiger partial charge < -0.3 is 10.6 Å². The molecule has 0 spiro atoms. The molecule has 1 aliphatic heterocycles. The highest BCUT2D eigenvalue weighted by molar-refractivity contribution is 6.33. The van der Waals surface area contributed by atoms with Crippen LogP contribution in [-0.2, 0) is 6.42 Å². The highest BCUT2D eigenvalue weighted by atomic mass is 35.5. The van der Waals surface area contributed by atoms with Crippen LogP contribution in [0.3, 0.4) is 0 Å². The second kappa shape index (κ2) is 4.54. The second-order valence-electron chi connectivity index (χ2n) is 4.56. The fraction of sp³-hybridized carbons (Fsp3) is 0.200. The van der Waals surface area contributed by atoms with Gasteiger partial charge in [0, 0.05) is 12.2 Å². The van der Waals surface area contributed by atoms with Crippen LogP contribution in [0.5, 0.6) is 0 Å². The van der Waals surface area contributed by atoms with E-state index in [-0.39, 0.29) is 0 Å². The third-order valence-corrected chi connectivity index (χ3v) is 3.76. The first-order valence-corrected chi connectivity index (χ1v) is 6.54. The smallest absolute Gasteiger partial charge is 0.0744 e. The molecule has 92 valence electrons. The highest BCUT2D eigenvalue weighted by Gasteiger charge is 2.19. The zero-order chi connectivity index (χ0) is 12.5. The number of anilines is 3. The third kappa shape index (κ3) is 1.83. The van der Waals surface area contributed by atoms with Gasteiger partial charge in [-0.3, -0.25) is 0 Å². The van der Waals surface area contributed by atoms with Gasteiger partial charge in [0.15, 0.2) is 0 Å². The third-order valence-electron chi connectivity index (χ3n) is 3.43. The average Bonchev–Trinajstić information content (AvgIpc) is 2.41. The fourth-order valence-corrected chi connectivity index (χ4v) is 2.71. The van der Waals surface area contributed by atoms with Gasteiger partial charge in [0.2, 0.25) is 0 Å². The normalized spacial score (nSPS) is 14.4. The van der Waals surface area contributed by atoms with Crippen molar-refractivity contribution in [1.29, 1.82) is 0 Å². The molecule has 2 N–H and O–H groups in total. The summed E-state index contributed by atoms with van der Waals surface area (Å²) in [6, 6.07) is 14.3. The molecule has 0 fully saturated rings. The second-order valence-corrected chi connectivity index (χ2v) is 4.96. The zero-order valence-electron chi connectivity index (χ0n) is 10.1. The van der Waals surface area contributed by atoms with Gasteiger partial charge in [0.25, 0.3) is 0 Å². The predicted octanol–water partition coefficient (Wildman–Crippen LogP) is 4.01. The summed E-state index contributed by atoms with van der Waals surface area (Å²) in [5, 5.41) is 0.621. The lowest BCUT2D eigenvalue weighted by atomic mass is 10.0. The molecule has 0 unspecified atom stereocenters. The average molecular weight is 259 g/mol. The van der Waals surface area contributed by atoms with Gasteiger partial charge in [0.1, 0.15) is 0 Å². The van der Waals surface area contributed by atoms with E-state index in [2.05, 4.69) is 29.2 Å². The molecule has 0 amide bonds. The van der Waals surface area contributed by atoms with Gasteiger partial charge in [-0.1, -0.05) is 35.9 Å². The Kier molecular flexibility index (Phi) is 2.88. The number of para-hydroxylation sites is 2. The summed E-state index contributed by atoms with van der Waals surface area (Å²) in [5.74, 6) is 0. The summed E-state index contributed by atoms with van der Waals surface area (Å²) in [6.07, 6.45) is 2.27. The van der Waals surface area contributed by atoms with Crippen molar-refractivity contribution >= 4 is 28.7 Å². The minimum Gasteiger partial charge on any atom is -0.396 e. The van der Waals surface area contributed by atoms with Crippen LogP contribution in [0, 0.1) is 0 Å². The van der Waals surface area contributed by atoms with Crippen molar-refractivity contribution in [2.45, 2.75) is 12.8 Å². The summed E-state index contributed by atoms with van der Waals surface area (Å²) in [5.41, 5.74) is 10.4. The summed E-state index contributed by atoms with van der Waals surface area (Å²) in [7, 11) is 0. The first kappa shape index (κ1) is 11.4. The van der Waals surface area contributed by atoms with Crippen LogP contribution in [0.2, 0.25) is 5.02 Å². The van der Waals surface area contributed by atoms with Crippen LogP contribution in [0.25, 0.3) is 0 Å². The Morgan fingerprint density at radius 2 is 1.78 bits per heavy atom. The quantitative estimate of drug-likeness (QED) is 0.784. The number of hydrogen-bond donors (Lipinski definition) is 1. The predicted molar refractivity (Wildman–Crippen MR) is 77.6 cm³/mol. The first-order valence-electron chi connectivity index (χ1n) is 6.17. The molecule has 18 heavy (non-hydrogen) atoms. The van der Waals surface area contributed by atoms with E-state index in [0.29, 0.717) is 10.7 Å². The van der Waals surface area contributed by atoms with Crippen LogP contribution in [0.4, 0.5) is 17.1 Å². The monoisotopic (exact) mass is 258 g/mol. The van der Waals surface area contributed by atoms with Gasteiger partial charge in [-0.15, -0.1) is 0 Å². The number of nitrogen functional groups attached to an aromatic ring is 1. The molecule has 0 aliphatic carbocycles. The maximum absolute atomic E-state index is 6.11. The minimum absolute atomic E-state index is 0.621. The number of fused-ring (bicyclic) bond motifs is 1. The molecule has 0 aromatic heterocycles. The van der Waals surface area contributed by atoms with Crippen molar-refractivity contribution < 1.29 is 0 Å². The van der Waals surface area contributed by atoms with E-state index < -0.39 is 0 Å². The van der Waals surface area contributed by atoms with Gasteiger partial charge >= 0.3 is 0 Å². The number of benzene rings is 2. The van der Waals surface area contributed by atoms with Gasteiger partial charge in [-0.2, -0.15) is 0 Å². The lowest BCUT2D eigenvalue weighted by Crippen LogP contribution is -2.25. The number of nitrogens with zero attached hydrogens (tertiary/aromatic N) is 1. The molecule has 2 aromatic carbocycles. The largest absolute Gasteiger partial charge is 0.396 e. The molecule has 2 nitrogen and oxygen atoms in total. The maximum Gasteiger partial charge on any atom is 0.0744 e. The Hall–Kier alpha value is -1.67. The van der Waals surface area contributed by atoms with E-state index in [9.17, 15) is 0 Å². The van der Waals surface area contributed by atoms with Gasteiger partial charge in [-0.05, 0) is 36.6 Å². The van der Waals surface area contributed by atoms with E-state index in [1.54, 1.807) is 0 Å². The molecule has 1 heterocycles. The number of aryl methyl sites for hydroxylation is 1. The highest BCUT2D eigenvalue weighted by Crippen LogP contribution is 2.38. The minimum atomic E-state index is 0.621. The molecule has 3 rings (SSSR count). The molecular weight excluding hydrogens is 244 g/mol. The van der Waals surface area contributed by atoms with Crippen LogP contribution in [0.15, 0.2) is 42.5 Å². The number of halogens is 1.